The highest BCUT2D eigenvalue weighted by molar-refractivity contribution is 5.50. The molecule has 2 nitrogen and oxygen atoms in total. The molecule has 0 atom stereocenters. The van der Waals surface area contributed by atoms with E-state index >= 15 is 0 Å². The predicted octanol–water partition coefficient (Wildman–Crippen LogP) is 2.44. The van der Waals surface area contributed by atoms with Crippen molar-refractivity contribution in [1.82, 2.24) is 0 Å². The van der Waals surface area contributed by atoms with Crippen LogP contribution < -0.4 is 5.32 Å². The number of nitrogens with one attached hydrogen (secondary N) is 1. The lowest BCUT2D eigenvalue weighted by atomic mass is 10.2. The third kappa shape index (κ3) is 3.47. The Labute approximate surface area is 79.9 Å². The van der Waals surface area contributed by atoms with E-state index in [0.29, 0.717) is 0 Å². The molecule has 0 amide bonds. The van der Waals surface area contributed by atoms with Crippen LogP contribution in [-0.2, 0) is 4.74 Å². The van der Waals surface area contributed by atoms with Crippen LogP contribution in [0.1, 0.15) is 12.5 Å². The van der Waals surface area contributed by atoms with Gasteiger partial charge in [-0.15, -0.1) is 0 Å². The van der Waals surface area contributed by atoms with Crippen molar-refractivity contribution in [3.63, 3.8) is 0 Å². The second-order valence-electron chi connectivity index (χ2n) is 2.94. The first-order valence-corrected chi connectivity index (χ1v) is 4.72. The number of benzene rings is 1. The SMILES string of the molecule is CCOCCNc1ccccc1C. The average molecular weight is 179 g/mol. The first-order valence-electron chi connectivity index (χ1n) is 4.72. The number of aryl methyl sites for hydroxylation is 1. The molecule has 1 aromatic rings. The Morgan fingerprint density at radius 3 is 2.77 bits per heavy atom. The van der Waals surface area contributed by atoms with E-state index in [9.17, 15) is 0 Å². The molecule has 0 aliphatic rings. The van der Waals surface area contributed by atoms with Gasteiger partial charge in [0.05, 0.1) is 6.61 Å². The number of hydrogen-bond donors (Lipinski definition) is 1. The normalized spacial score (nSPS) is 10.0. The Morgan fingerprint density at radius 2 is 2.08 bits per heavy atom. The molecule has 0 radical (unpaired) electrons. The average Bonchev–Trinajstić information content (AvgIpc) is 2.15. The quantitative estimate of drug-likeness (QED) is 0.701. The summed E-state index contributed by atoms with van der Waals surface area (Å²) in [5.41, 5.74) is 2.47. The van der Waals surface area contributed by atoms with Gasteiger partial charge in [-0.1, -0.05) is 18.2 Å². The van der Waals surface area contributed by atoms with Crippen LogP contribution in [0.2, 0.25) is 0 Å². The van der Waals surface area contributed by atoms with Gasteiger partial charge in [-0.25, -0.2) is 0 Å². The topological polar surface area (TPSA) is 21.3 Å². The molecule has 0 spiro atoms. The maximum absolute atomic E-state index is 5.23. The molecule has 0 aliphatic carbocycles. The van der Waals surface area contributed by atoms with E-state index in [2.05, 4.69) is 24.4 Å². The van der Waals surface area contributed by atoms with Gasteiger partial charge in [0.15, 0.2) is 0 Å². The molecule has 0 aromatic heterocycles. The Balaban J connectivity index is 2.32. The highest BCUT2D eigenvalue weighted by Gasteiger charge is 1.93. The van der Waals surface area contributed by atoms with Gasteiger partial charge in [-0.2, -0.15) is 0 Å². The third-order valence-electron chi connectivity index (χ3n) is 1.91. The van der Waals surface area contributed by atoms with Gasteiger partial charge in [0, 0.05) is 18.8 Å². The lowest BCUT2D eigenvalue weighted by Crippen LogP contribution is -2.09. The second-order valence-corrected chi connectivity index (χ2v) is 2.94. The first kappa shape index (κ1) is 10.1. The van der Waals surface area contributed by atoms with Crippen molar-refractivity contribution in [1.29, 1.82) is 0 Å². The fourth-order valence-electron chi connectivity index (χ4n) is 1.17. The zero-order valence-corrected chi connectivity index (χ0v) is 8.34. The van der Waals surface area contributed by atoms with Gasteiger partial charge in [-0.3, -0.25) is 0 Å². The third-order valence-corrected chi connectivity index (χ3v) is 1.91. The fourth-order valence-corrected chi connectivity index (χ4v) is 1.17. The van der Waals surface area contributed by atoms with Crippen LogP contribution in [-0.4, -0.2) is 19.8 Å². The summed E-state index contributed by atoms with van der Waals surface area (Å²) in [5.74, 6) is 0. The summed E-state index contributed by atoms with van der Waals surface area (Å²) >= 11 is 0. The lowest BCUT2D eigenvalue weighted by molar-refractivity contribution is 0.158. The maximum Gasteiger partial charge on any atom is 0.0638 e. The van der Waals surface area contributed by atoms with Crippen molar-refractivity contribution >= 4 is 5.69 Å². The Hall–Kier alpha value is -1.02. The number of hydrogen-bond acceptors (Lipinski definition) is 2. The highest BCUT2D eigenvalue weighted by Crippen LogP contribution is 2.12. The van der Waals surface area contributed by atoms with Gasteiger partial charge in [-0.05, 0) is 25.5 Å². The molecule has 0 bridgehead atoms. The summed E-state index contributed by atoms with van der Waals surface area (Å²) in [6.07, 6.45) is 0. The zero-order chi connectivity index (χ0) is 9.52. The first-order chi connectivity index (χ1) is 6.34. The van der Waals surface area contributed by atoms with E-state index in [1.54, 1.807) is 0 Å². The van der Waals surface area contributed by atoms with E-state index in [0.717, 1.165) is 19.8 Å². The van der Waals surface area contributed by atoms with Gasteiger partial charge < -0.3 is 10.1 Å². The molecule has 0 heterocycles. The van der Waals surface area contributed by atoms with E-state index in [-0.39, 0.29) is 0 Å². The van der Waals surface area contributed by atoms with Gasteiger partial charge >= 0.3 is 0 Å². The minimum atomic E-state index is 0.769. The van der Waals surface area contributed by atoms with Crippen LogP contribution in [0.15, 0.2) is 24.3 Å². The minimum absolute atomic E-state index is 0.769. The molecule has 1 N–H and O–H groups in total. The van der Waals surface area contributed by atoms with Crippen molar-refractivity contribution < 1.29 is 4.74 Å². The molecule has 72 valence electrons. The highest BCUT2D eigenvalue weighted by atomic mass is 16.5. The van der Waals surface area contributed by atoms with E-state index < -0.39 is 0 Å². The molecule has 1 rings (SSSR count). The molecular weight excluding hydrogens is 162 g/mol. The van der Waals surface area contributed by atoms with Crippen molar-refractivity contribution in [3.05, 3.63) is 29.8 Å². The molecular formula is C11H17NO. The molecule has 1 aromatic carbocycles. The Kier molecular flexibility index (Phi) is 4.33. The van der Waals surface area contributed by atoms with E-state index in [4.69, 9.17) is 4.74 Å². The number of anilines is 1. The van der Waals surface area contributed by atoms with Gasteiger partial charge in [0.2, 0.25) is 0 Å². The van der Waals surface area contributed by atoms with Crippen molar-refractivity contribution in [2.75, 3.05) is 25.1 Å². The molecule has 0 unspecified atom stereocenters. The maximum atomic E-state index is 5.23. The molecule has 0 fully saturated rings. The van der Waals surface area contributed by atoms with Crippen LogP contribution in [0.5, 0.6) is 0 Å². The molecule has 0 aliphatic heterocycles. The largest absolute Gasteiger partial charge is 0.383 e. The Bertz CT molecular complexity index is 248. The monoisotopic (exact) mass is 179 g/mol. The van der Waals surface area contributed by atoms with Gasteiger partial charge in [0.1, 0.15) is 0 Å². The van der Waals surface area contributed by atoms with E-state index in [1.807, 2.05) is 19.1 Å². The predicted molar refractivity (Wildman–Crippen MR) is 56.2 cm³/mol. The molecule has 13 heavy (non-hydrogen) atoms. The summed E-state index contributed by atoms with van der Waals surface area (Å²) in [4.78, 5) is 0. The Morgan fingerprint density at radius 1 is 1.31 bits per heavy atom. The van der Waals surface area contributed by atoms with E-state index in [1.165, 1.54) is 11.3 Å². The zero-order valence-electron chi connectivity index (χ0n) is 8.34. The second kappa shape index (κ2) is 5.60. The summed E-state index contributed by atoms with van der Waals surface area (Å²) in [5, 5.41) is 3.32. The van der Waals surface area contributed by atoms with Crippen LogP contribution >= 0.6 is 0 Å². The summed E-state index contributed by atoms with van der Waals surface area (Å²) < 4.78 is 5.23. The molecule has 0 saturated carbocycles. The number of para-hydroxylation sites is 1. The summed E-state index contributed by atoms with van der Waals surface area (Å²) in [6.45, 7) is 6.54. The summed E-state index contributed by atoms with van der Waals surface area (Å²) in [6, 6.07) is 8.27. The van der Waals surface area contributed by atoms with Crippen LogP contribution in [0.4, 0.5) is 5.69 Å². The minimum Gasteiger partial charge on any atom is -0.383 e. The van der Waals surface area contributed by atoms with Crippen LogP contribution in [0.3, 0.4) is 0 Å². The van der Waals surface area contributed by atoms with Crippen molar-refractivity contribution in [2.45, 2.75) is 13.8 Å². The van der Waals surface area contributed by atoms with Crippen molar-refractivity contribution in [3.8, 4) is 0 Å². The standard InChI is InChI=1S/C11H17NO/c1-3-13-9-8-12-11-7-5-4-6-10(11)2/h4-7,12H,3,8-9H2,1-2H3. The molecule has 0 saturated heterocycles. The number of rotatable bonds is 5. The number of ether oxygens (including phenoxy) is 1. The molecule has 2 heteroatoms. The van der Waals surface area contributed by atoms with Crippen molar-refractivity contribution in [2.24, 2.45) is 0 Å². The summed E-state index contributed by atoms with van der Waals surface area (Å²) in [7, 11) is 0. The van der Waals surface area contributed by atoms with Crippen LogP contribution in [0, 0.1) is 6.92 Å². The van der Waals surface area contributed by atoms with Crippen LogP contribution in [0.25, 0.3) is 0 Å². The smallest absolute Gasteiger partial charge is 0.0638 e. The fraction of sp³-hybridized carbons (Fsp3) is 0.455. The van der Waals surface area contributed by atoms with Gasteiger partial charge in [0.25, 0.3) is 0 Å². The lowest BCUT2D eigenvalue weighted by Gasteiger charge is -2.08.